The molecule has 1 N–H and O–H groups in total. The molecule has 0 saturated heterocycles. The van der Waals surface area contributed by atoms with Gasteiger partial charge in [0.05, 0.1) is 5.92 Å². The lowest BCUT2D eigenvalue weighted by molar-refractivity contribution is -0.121. The number of thiophene rings is 1. The van der Waals surface area contributed by atoms with Gasteiger partial charge in [-0.25, -0.2) is 0 Å². The summed E-state index contributed by atoms with van der Waals surface area (Å²) in [6.07, 6.45) is 0. The van der Waals surface area contributed by atoms with Crippen LogP contribution in [0.5, 0.6) is 0 Å². The van der Waals surface area contributed by atoms with Gasteiger partial charge in [-0.15, -0.1) is 11.3 Å². The Morgan fingerprint density at radius 2 is 1.50 bits per heavy atom. The fourth-order valence-corrected chi connectivity index (χ4v) is 3.69. The molecule has 2 aromatic carbocycles. The average Bonchev–Trinajstić information content (AvgIpc) is 2.94. The maximum atomic E-state index is 12.9. The molecule has 3 rings (SSSR count). The number of carbonyl (C=O) groups excluding carboxylic acids is 1. The van der Waals surface area contributed by atoms with Crippen LogP contribution in [-0.2, 0) is 11.3 Å². The number of carbonyl (C=O) groups is 1. The van der Waals surface area contributed by atoms with Crippen molar-refractivity contribution in [1.82, 2.24) is 5.32 Å². The lowest BCUT2D eigenvalue weighted by Gasteiger charge is -2.18. The molecule has 3 heteroatoms. The quantitative estimate of drug-likeness (QED) is 0.712. The van der Waals surface area contributed by atoms with Crippen LogP contribution in [0, 0.1) is 13.8 Å². The number of aryl methyl sites for hydroxylation is 1. The molecular weight excluding hydrogens is 314 g/mol. The maximum Gasteiger partial charge on any atom is 0.232 e. The SMILES string of the molecule is Cc1scc(CNC(=O)C(c2ccccc2)c2ccccc2)c1C. The van der Waals surface area contributed by atoms with Crippen LogP contribution >= 0.6 is 11.3 Å². The first-order chi connectivity index (χ1) is 11.7. The third-order valence-electron chi connectivity index (χ3n) is 4.37. The van der Waals surface area contributed by atoms with Gasteiger partial charge in [-0.2, -0.15) is 0 Å². The van der Waals surface area contributed by atoms with Gasteiger partial charge in [0.25, 0.3) is 0 Å². The zero-order chi connectivity index (χ0) is 16.9. The molecule has 1 aromatic heterocycles. The second-order valence-corrected chi connectivity index (χ2v) is 7.00. The van der Waals surface area contributed by atoms with Crippen LogP contribution in [0.15, 0.2) is 66.0 Å². The number of nitrogens with one attached hydrogen (secondary N) is 1. The zero-order valence-corrected chi connectivity index (χ0v) is 14.8. The van der Waals surface area contributed by atoms with E-state index in [9.17, 15) is 4.79 Å². The minimum Gasteiger partial charge on any atom is -0.351 e. The second kappa shape index (κ2) is 7.45. The van der Waals surface area contributed by atoms with Crippen LogP contribution in [0.1, 0.15) is 33.0 Å². The summed E-state index contributed by atoms with van der Waals surface area (Å²) in [7, 11) is 0. The van der Waals surface area contributed by atoms with Crippen molar-refractivity contribution in [2.24, 2.45) is 0 Å². The van der Waals surface area contributed by atoms with Gasteiger partial charge in [-0.05, 0) is 41.5 Å². The first kappa shape index (κ1) is 16.5. The molecule has 0 aliphatic rings. The molecule has 0 spiro atoms. The van der Waals surface area contributed by atoms with E-state index >= 15 is 0 Å². The van der Waals surface area contributed by atoms with Gasteiger partial charge >= 0.3 is 0 Å². The van der Waals surface area contributed by atoms with Gasteiger partial charge in [0, 0.05) is 11.4 Å². The molecule has 122 valence electrons. The van der Waals surface area contributed by atoms with E-state index < -0.39 is 0 Å². The van der Waals surface area contributed by atoms with Crippen molar-refractivity contribution in [3.8, 4) is 0 Å². The fraction of sp³-hybridized carbons (Fsp3) is 0.190. The number of benzene rings is 2. The van der Waals surface area contributed by atoms with Crippen molar-refractivity contribution < 1.29 is 4.79 Å². The van der Waals surface area contributed by atoms with Crippen LogP contribution in [-0.4, -0.2) is 5.91 Å². The van der Waals surface area contributed by atoms with E-state index in [0.29, 0.717) is 6.54 Å². The van der Waals surface area contributed by atoms with Gasteiger partial charge in [-0.1, -0.05) is 60.7 Å². The van der Waals surface area contributed by atoms with Crippen molar-refractivity contribution in [2.75, 3.05) is 0 Å². The van der Waals surface area contributed by atoms with Crippen LogP contribution in [0.3, 0.4) is 0 Å². The summed E-state index contributed by atoms with van der Waals surface area (Å²) < 4.78 is 0. The lowest BCUT2D eigenvalue weighted by atomic mass is 9.90. The highest BCUT2D eigenvalue weighted by molar-refractivity contribution is 7.10. The molecule has 0 fully saturated rings. The van der Waals surface area contributed by atoms with Crippen molar-refractivity contribution in [3.63, 3.8) is 0 Å². The normalized spacial score (nSPS) is 10.8. The Balaban J connectivity index is 1.83. The number of hydrogen-bond donors (Lipinski definition) is 1. The standard InChI is InChI=1S/C21H21NOS/c1-15-16(2)24-14-19(15)13-22-21(23)20(17-9-5-3-6-10-17)18-11-7-4-8-12-18/h3-12,14,20H,13H2,1-2H3,(H,22,23). The van der Waals surface area contributed by atoms with Gasteiger partial charge < -0.3 is 5.32 Å². The van der Waals surface area contributed by atoms with Gasteiger partial charge in [0.1, 0.15) is 0 Å². The van der Waals surface area contributed by atoms with E-state index in [0.717, 1.165) is 11.1 Å². The van der Waals surface area contributed by atoms with E-state index in [2.05, 4.69) is 24.5 Å². The predicted molar refractivity (Wildman–Crippen MR) is 100 cm³/mol. The lowest BCUT2D eigenvalue weighted by Crippen LogP contribution is -2.29. The second-order valence-electron chi connectivity index (χ2n) is 5.91. The van der Waals surface area contributed by atoms with E-state index in [1.54, 1.807) is 11.3 Å². The molecule has 3 aromatic rings. The number of hydrogen-bond acceptors (Lipinski definition) is 2. The predicted octanol–water partition coefficient (Wildman–Crippen LogP) is 4.81. The first-order valence-corrected chi connectivity index (χ1v) is 8.96. The highest BCUT2D eigenvalue weighted by atomic mass is 32.1. The first-order valence-electron chi connectivity index (χ1n) is 8.08. The fourth-order valence-electron chi connectivity index (χ4n) is 2.81. The number of amides is 1. The molecule has 0 unspecified atom stereocenters. The van der Waals surface area contributed by atoms with Crippen LogP contribution in [0.4, 0.5) is 0 Å². The molecule has 1 amide bonds. The van der Waals surface area contributed by atoms with Crippen LogP contribution in [0.2, 0.25) is 0 Å². The minimum absolute atomic E-state index is 0.0376. The van der Waals surface area contributed by atoms with Crippen molar-refractivity contribution >= 4 is 17.2 Å². The minimum atomic E-state index is -0.285. The van der Waals surface area contributed by atoms with Gasteiger partial charge in [-0.3, -0.25) is 4.79 Å². The van der Waals surface area contributed by atoms with Crippen molar-refractivity contribution in [2.45, 2.75) is 26.3 Å². The average molecular weight is 335 g/mol. The van der Waals surface area contributed by atoms with E-state index in [4.69, 9.17) is 0 Å². The van der Waals surface area contributed by atoms with Crippen molar-refractivity contribution in [3.05, 3.63) is 93.2 Å². The Morgan fingerprint density at radius 1 is 0.958 bits per heavy atom. The summed E-state index contributed by atoms with van der Waals surface area (Å²) in [6, 6.07) is 19.9. The smallest absolute Gasteiger partial charge is 0.232 e. The molecular formula is C21H21NOS. The van der Waals surface area contributed by atoms with E-state index in [1.165, 1.54) is 16.0 Å². The van der Waals surface area contributed by atoms with Gasteiger partial charge in [0.2, 0.25) is 5.91 Å². The number of rotatable bonds is 5. The summed E-state index contributed by atoms with van der Waals surface area (Å²) in [5.74, 6) is -0.247. The monoisotopic (exact) mass is 335 g/mol. The molecule has 0 radical (unpaired) electrons. The molecule has 0 saturated carbocycles. The molecule has 0 bridgehead atoms. The molecule has 24 heavy (non-hydrogen) atoms. The highest BCUT2D eigenvalue weighted by Gasteiger charge is 2.22. The summed E-state index contributed by atoms with van der Waals surface area (Å²) in [5.41, 5.74) is 4.50. The summed E-state index contributed by atoms with van der Waals surface area (Å²) >= 11 is 1.73. The summed E-state index contributed by atoms with van der Waals surface area (Å²) in [6.45, 7) is 4.80. The molecule has 0 atom stereocenters. The topological polar surface area (TPSA) is 29.1 Å². The Bertz CT molecular complexity index is 769. The van der Waals surface area contributed by atoms with E-state index in [-0.39, 0.29) is 11.8 Å². The van der Waals surface area contributed by atoms with Crippen molar-refractivity contribution in [1.29, 1.82) is 0 Å². The maximum absolute atomic E-state index is 12.9. The largest absolute Gasteiger partial charge is 0.351 e. The van der Waals surface area contributed by atoms with Crippen LogP contribution in [0.25, 0.3) is 0 Å². The molecule has 0 aliphatic heterocycles. The van der Waals surface area contributed by atoms with Crippen LogP contribution < -0.4 is 5.32 Å². The Hall–Kier alpha value is -2.39. The molecule has 0 aliphatic carbocycles. The third kappa shape index (κ3) is 3.57. The zero-order valence-electron chi connectivity index (χ0n) is 14.0. The Labute approximate surface area is 147 Å². The molecule has 1 heterocycles. The Kier molecular flexibility index (Phi) is 5.11. The Morgan fingerprint density at radius 3 is 1.96 bits per heavy atom. The molecule has 2 nitrogen and oxygen atoms in total. The third-order valence-corrected chi connectivity index (χ3v) is 5.43. The summed E-state index contributed by atoms with van der Waals surface area (Å²) in [4.78, 5) is 14.2. The van der Waals surface area contributed by atoms with E-state index in [1.807, 2.05) is 60.7 Å². The summed E-state index contributed by atoms with van der Waals surface area (Å²) in [5, 5.41) is 5.25. The van der Waals surface area contributed by atoms with Gasteiger partial charge in [0.15, 0.2) is 0 Å². The highest BCUT2D eigenvalue weighted by Crippen LogP contribution is 2.25.